The SMILES string of the molecule is Clc1cc(Cl)cc(SC2=NCCCS2)c1. The van der Waals surface area contributed by atoms with Gasteiger partial charge in [-0.25, -0.2) is 0 Å². The van der Waals surface area contributed by atoms with Gasteiger partial charge in [-0.05, 0) is 24.6 Å². The van der Waals surface area contributed by atoms with E-state index in [0.29, 0.717) is 10.0 Å². The number of aliphatic imine (C=N–C) groups is 1. The van der Waals surface area contributed by atoms with Gasteiger partial charge in [0.1, 0.15) is 4.38 Å². The molecule has 0 fully saturated rings. The van der Waals surface area contributed by atoms with Crippen molar-refractivity contribution in [3.05, 3.63) is 28.2 Å². The highest BCUT2D eigenvalue weighted by Gasteiger charge is 2.08. The molecule has 0 spiro atoms. The molecule has 1 aromatic rings. The molecule has 1 nitrogen and oxygen atoms in total. The smallest absolute Gasteiger partial charge is 0.129 e. The van der Waals surface area contributed by atoms with Crippen molar-refractivity contribution in [2.45, 2.75) is 11.3 Å². The Hall–Kier alpha value is 0.170. The van der Waals surface area contributed by atoms with Crippen LogP contribution in [0, 0.1) is 0 Å². The van der Waals surface area contributed by atoms with Crippen molar-refractivity contribution in [2.24, 2.45) is 4.99 Å². The highest BCUT2D eigenvalue weighted by atomic mass is 35.5. The maximum absolute atomic E-state index is 5.92. The van der Waals surface area contributed by atoms with Gasteiger partial charge in [-0.2, -0.15) is 0 Å². The van der Waals surface area contributed by atoms with Crippen LogP contribution in [0.2, 0.25) is 10.0 Å². The summed E-state index contributed by atoms with van der Waals surface area (Å²) in [5.41, 5.74) is 0. The lowest BCUT2D eigenvalue weighted by molar-refractivity contribution is 0.942. The first-order valence-electron chi connectivity index (χ1n) is 4.55. The van der Waals surface area contributed by atoms with Crippen molar-refractivity contribution in [3.8, 4) is 0 Å². The molecular formula is C10H9Cl2NS2. The molecule has 1 aliphatic heterocycles. The van der Waals surface area contributed by atoms with E-state index < -0.39 is 0 Å². The van der Waals surface area contributed by atoms with E-state index in [9.17, 15) is 0 Å². The van der Waals surface area contributed by atoms with Crippen LogP contribution in [-0.4, -0.2) is 16.7 Å². The van der Waals surface area contributed by atoms with Crippen LogP contribution in [0.3, 0.4) is 0 Å². The second-order valence-electron chi connectivity index (χ2n) is 3.06. The Balaban J connectivity index is 2.12. The molecule has 0 aromatic heterocycles. The van der Waals surface area contributed by atoms with Crippen LogP contribution in [0.1, 0.15) is 6.42 Å². The molecule has 0 amide bonds. The van der Waals surface area contributed by atoms with Crippen LogP contribution >= 0.6 is 46.7 Å². The number of nitrogens with zero attached hydrogens (tertiary/aromatic N) is 1. The van der Waals surface area contributed by atoms with Gasteiger partial charge in [0.05, 0.1) is 0 Å². The number of halogens is 2. The molecule has 0 saturated carbocycles. The minimum atomic E-state index is 0.673. The van der Waals surface area contributed by atoms with Gasteiger partial charge in [-0.15, -0.1) is 0 Å². The van der Waals surface area contributed by atoms with Gasteiger partial charge in [-0.1, -0.05) is 46.7 Å². The predicted octanol–water partition coefficient (Wildman–Crippen LogP) is 4.58. The molecule has 1 aromatic carbocycles. The van der Waals surface area contributed by atoms with E-state index in [1.165, 1.54) is 6.42 Å². The molecule has 80 valence electrons. The summed E-state index contributed by atoms with van der Waals surface area (Å²) in [7, 11) is 0. The molecule has 2 rings (SSSR count). The predicted molar refractivity (Wildman–Crippen MR) is 71.7 cm³/mol. The Morgan fingerprint density at radius 3 is 2.53 bits per heavy atom. The lowest BCUT2D eigenvalue weighted by Gasteiger charge is -2.10. The van der Waals surface area contributed by atoms with Crippen LogP contribution in [0.25, 0.3) is 0 Å². The fourth-order valence-electron chi connectivity index (χ4n) is 1.19. The average Bonchev–Trinajstić information content (AvgIpc) is 2.17. The topological polar surface area (TPSA) is 12.4 Å². The molecule has 0 N–H and O–H groups in total. The van der Waals surface area contributed by atoms with Crippen molar-refractivity contribution in [1.82, 2.24) is 0 Å². The van der Waals surface area contributed by atoms with E-state index in [0.717, 1.165) is 21.6 Å². The number of benzene rings is 1. The molecule has 1 aliphatic rings. The summed E-state index contributed by atoms with van der Waals surface area (Å²) in [6, 6.07) is 5.56. The standard InChI is InChI=1S/C10H9Cl2NS2/c11-7-4-8(12)6-9(5-7)15-10-13-2-1-3-14-10/h4-6H,1-3H2. The Morgan fingerprint density at radius 1 is 1.20 bits per heavy atom. The van der Waals surface area contributed by atoms with E-state index in [-0.39, 0.29) is 0 Å². The fraction of sp³-hybridized carbons (Fsp3) is 0.300. The molecular weight excluding hydrogens is 269 g/mol. The number of hydrogen-bond acceptors (Lipinski definition) is 3. The first kappa shape index (κ1) is 11.6. The zero-order valence-corrected chi connectivity index (χ0v) is 11.0. The van der Waals surface area contributed by atoms with Crippen LogP contribution in [-0.2, 0) is 0 Å². The maximum Gasteiger partial charge on any atom is 0.129 e. The molecule has 1 heterocycles. The van der Waals surface area contributed by atoms with E-state index in [2.05, 4.69) is 4.99 Å². The highest BCUT2D eigenvalue weighted by molar-refractivity contribution is 8.38. The normalized spacial score (nSPS) is 16.3. The monoisotopic (exact) mass is 277 g/mol. The Bertz CT molecular complexity index is 373. The lowest BCUT2D eigenvalue weighted by Crippen LogP contribution is -1.99. The fourth-order valence-corrected chi connectivity index (χ4v) is 3.98. The summed E-state index contributed by atoms with van der Waals surface area (Å²) in [6.07, 6.45) is 1.17. The summed E-state index contributed by atoms with van der Waals surface area (Å²) in [4.78, 5) is 5.50. The summed E-state index contributed by atoms with van der Waals surface area (Å²) in [5.74, 6) is 1.15. The third-order valence-corrected chi connectivity index (χ3v) is 4.49. The molecule has 0 unspecified atom stereocenters. The van der Waals surface area contributed by atoms with Gasteiger partial charge in [0, 0.05) is 27.2 Å². The molecule has 0 aliphatic carbocycles. The zero-order chi connectivity index (χ0) is 10.7. The first-order chi connectivity index (χ1) is 7.24. The van der Waals surface area contributed by atoms with E-state index >= 15 is 0 Å². The second kappa shape index (κ2) is 5.48. The Morgan fingerprint density at radius 2 is 1.93 bits per heavy atom. The van der Waals surface area contributed by atoms with Gasteiger partial charge in [0.2, 0.25) is 0 Å². The maximum atomic E-state index is 5.92. The molecule has 0 atom stereocenters. The first-order valence-corrected chi connectivity index (χ1v) is 7.11. The third kappa shape index (κ3) is 3.59. The largest absolute Gasteiger partial charge is 0.271 e. The van der Waals surface area contributed by atoms with Gasteiger partial charge < -0.3 is 0 Å². The van der Waals surface area contributed by atoms with Crippen molar-refractivity contribution in [2.75, 3.05) is 12.3 Å². The molecule has 15 heavy (non-hydrogen) atoms. The van der Waals surface area contributed by atoms with E-state index in [1.54, 1.807) is 29.6 Å². The Labute approximate surface area is 108 Å². The van der Waals surface area contributed by atoms with Crippen molar-refractivity contribution in [3.63, 3.8) is 0 Å². The van der Waals surface area contributed by atoms with Gasteiger partial charge in [0.25, 0.3) is 0 Å². The quantitative estimate of drug-likeness (QED) is 0.745. The minimum Gasteiger partial charge on any atom is -0.271 e. The summed E-state index contributed by atoms with van der Waals surface area (Å²) in [6.45, 7) is 0.934. The van der Waals surface area contributed by atoms with Crippen LogP contribution in [0.5, 0.6) is 0 Å². The van der Waals surface area contributed by atoms with Gasteiger partial charge in [0.15, 0.2) is 0 Å². The average molecular weight is 278 g/mol. The third-order valence-electron chi connectivity index (χ3n) is 1.81. The van der Waals surface area contributed by atoms with Gasteiger partial charge >= 0.3 is 0 Å². The molecule has 0 radical (unpaired) electrons. The van der Waals surface area contributed by atoms with Crippen molar-refractivity contribution < 1.29 is 0 Å². The zero-order valence-electron chi connectivity index (χ0n) is 7.87. The summed E-state index contributed by atoms with van der Waals surface area (Å²) >= 11 is 15.3. The number of rotatable bonds is 1. The molecule has 0 saturated heterocycles. The molecule has 0 bridgehead atoms. The van der Waals surface area contributed by atoms with Crippen LogP contribution < -0.4 is 0 Å². The van der Waals surface area contributed by atoms with Gasteiger partial charge in [-0.3, -0.25) is 4.99 Å². The van der Waals surface area contributed by atoms with E-state index in [4.69, 9.17) is 23.2 Å². The van der Waals surface area contributed by atoms with Crippen LogP contribution in [0.15, 0.2) is 28.1 Å². The van der Waals surface area contributed by atoms with Crippen molar-refractivity contribution in [1.29, 1.82) is 0 Å². The van der Waals surface area contributed by atoms with Crippen LogP contribution in [0.4, 0.5) is 0 Å². The summed E-state index contributed by atoms with van der Waals surface area (Å²) < 4.78 is 1.11. The number of hydrogen-bond donors (Lipinski definition) is 0. The summed E-state index contributed by atoms with van der Waals surface area (Å²) in [5, 5.41) is 1.35. The number of thioether (sulfide) groups is 2. The highest BCUT2D eigenvalue weighted by Crippen LogP contribution is 2.32. The lowest BCUT2D eigenvalue weighted by atomic mass is 10.4. The minimum absolute atomic E-state index is 0.673. The van der Waals surface area contributed by atoms with E-state index in [1.807, 2.05) is 12.1 Å². The second-order valence-corrected chi connectivity index (χ2v) is 6.33. The van der Waals surface area contributed by atoms with Crippen molar-refractivity contribution >= 4 is 51.1 Å². The molecule has 5 heteroatoms. The Kier molecular flexibility index (Phi) is 4.26.